The van der Waals surface area contributed by atoms with Crippen LogP contribution in [0.3, 0.4) is 0 Å². The summed E-state index contributed by atoms with van der Waals surface area (Å²) >= 11 is 7.04. The Morgan fingerprint density at radius 1 is 1.44 bits per heavy atom. The van der Waals surface area contributed by atoms with Gasteiger partial charge < -0.3 is 5.32 Å². The van der Waals surface area contributed by atoms with Crippen LogP contribution in [0, 0.1) is 12.8 Å². The van der Waals surface area contributed by atoms with E-state index in [-0.39, 0.29) is 5.91 Å². The number of carbonyl (C=O) groups is 1. The second-order valence-electron chi connectivity index (χ2n) is 4.95. The minimum atomic E-state index is 0.0398. The van der Waals surface area contributed by atoms with Gasteiger partial charge >= 0.3 is 0 Å². The van der Waals surface area contributed by atoms with Crippen molar-refractivity contribution in [3.8, 4) is 0 Å². The molecule has 1 fully saturated rings. The predicted octanol–water partition coefficient (Wildman–Crippen LogP) is 4.05. The van der Waals surface area contributed by atoms with Gasteiger partial charge in [-0.05, 0) is 55.9 Å². The highest BCUT2D eigenvalue weighted by molar-refractivity contribution is 9.10. The molecule has 2 rings (SSSR count). The number of nitrogens with one attached hydrogen (secondary N) is 1. The number of amides is 1. The number of aryl methyl sites for hydroxylation is 1. The summed E-state index contributed by atoms with van der Waals surface area (Å²) in [4.78, 5) is 12.7. The van der Waals surface area contributed by atoms with Crippen molar-refractivity contribution in [3.63, 3.8) is 0 Å². The summed E-state index contributed by atoms with van der Waals surface area (Å²) in [5, 5.41) is 3.05. The summed E-state index contributed by atoms with van der Waals surface area (Å²) in [6.07, 6.45) is 3.59. The first-order chi connectivity index (χ1) is 8.56. The molecule has 0 bridgehead atoms. The number of alkyl halides is 1. The van der Waals surface area contributed by atoms with Gasteiger partial charge in [0.1, 0.15) is 0 Å². The Kier molecular flexibility index (Phi) is 4.84. The summed E-state index contributed by atoms with van der Waals surface area (Å²) in [5.74, 6) is 0.659. The van der Waals surface area contributed by atoms with Gasteiger partial charge in [0.15, 0.2) is 0 Å². The van der Waals surface area contributed by atoms with E-state index in [2.05, 4.69) is 37.2 Å². The zero-order valence-corrected chi connectivity index (χ0v) is 13.6. The number of hydrogen-bond acceptors (Lipinski definition) is 1. The van der Waals surface area contributed by atoms with Crippen LogP contribution in [0.15, 0.2) is 22.7 Å². The summed E-state index contributed by atoms with van der Waals surface area (Å²) in [6.45, 7) is 2.75. The molecule has 2 nitrogen and oxygen atoms in total. The van der Waals surface area contributed by atoms with Crippen molar-refractivity contribution in [1.82, 2.24) is 5.32 Å². The molecule has 0 heterocycles. The Labute approximate surface area is 125 Å². The van der Waals surface area contributed by atoms with Crippen molar-refractivity contribution in [3.05, 3.63) is 33.8 Å². The van der Waals surface area contributed by atoms with Gasteiger partial charge in [-0.25, -0.2) is 0 Å². The van der Waals surface area contributed by atoms with E-state index in [9.17, 15) is 4.79 Å². The van der Waals surface area contributed by atoms with E-state index in [4.69, 9.17) is 0 Å². The topological polar surface area (TPSA) is 29.1 Å². The first-order valence-corrected chi connectivity index (χ1v) is 7.95. The molecule has 2 atom stereocenters. The van der Waals surface area contributed by atoms with Gasteiger partial charge in [-0.1, -0.05) is 31.9 Å². The van der Waals surface area contributed by atoms with Crippen LogP contribution < -0.4 is 5.32 Å². The van der Waals surface area contributed by atoms with Crippen LogP contribution >= 0.6 is 31.9 Å². The highest BCUT2D eigenvalue weighted by Gasteiger charge is 2.23. The molecule has 0 saturated heterocycles. The van der Waals surface area contributed by atoms with E-state index < -0.39 is 0 Å². The highest BCUT2D eigenvalue weighted by atomic mass is 79.9. The second-order valence-corrected chi connectivity index (χ2v) is 7.16. The van der Waals surface area contributed by atoms with Crippen molar-refractivity contribution in [2.24, 2.45) is 5.92 Å². The summed E-state index contributed by atoms with van der Waals surface area (Å²) < 4.78 is 1.01. The van der Waals surface area contributed by atoms with Gasteiger partial charge in [0.05, 0.1) is 0 Å². The molecule has 1 aliphatic carbocycles. The molecule has 0 spiro atoms. The SMILES string of the molecule is Cc1cc(Br)ccc1C(=O)NCC1CCC(Br)C1. The summed E-state index contributed by atoms with van der Waals surface area (Å²) in [7, 11) is 0. The molecule has 0 aliphatic heterocycles. The lowest BCUT2D eigenvalue weighted by molar-refractivity contribution is 0.0947. The molecule has 2 unspecified atom stereocenters. The van der Waals surface area contributed by atoms with E-state index in [1.807, 2.05) is 25.1 Å². The first kappa shape index (κ1) is 14.1. The van der Waals surface area contributed by atoms with Gasteiger partial charge in [0.2, 0.25) is 0 Å². The molecule has 0 radical (unpaired) electrons. The fraction of sp³-hybridized carbons (Fsp3) is 0.500. The Morgan fingerprint density at radius 2 is 2.22 bits per heavy atom. The van der Waals surface area contributed by atoms with E-state index in [0.717, 1.165) is 22.1 Å². The van der Waals surface area contributed by atoms with Gasteiger partial charge in [-0.2, -0.15) is 0 Å². The summed E-state index contributed by atoms with van der Waals surface area (Å²) in [6, 6.07) is 5.75. The highest BCUT2D eigenvalue weighted by Crippen LogP contribution is 2.30. The lowest BCUT2D eigenvalue weighted by Crippen LogP contribution is -2.29. The van der Waals surface area contributed by atoms with Crippen molar-refractivity contribution in [2.45, 2.75) is 31.0 Å². The van der Waals surface area contributed by atoms with E-state index in [1.165, 1.54) is 19.3 Å². The molecular weight excluding hydrogens is 358 g/mol. The van der Waals surface area contributed by atoms with Crippen molar-refractivity contribution < 1.29 is 4.79 Å². The molecule has 98 valence electrons. The van der Waals surface area contributed by atoms with Crippen LogP contribution in [-0.2, 0) is 0 Å². The Bertz CT molecular complexity index is 447. The largest absolute Gasteiger partial charge is 0.352 e. The molecule has 1 N–H and O–H groups in total. The molecule has 4 heteroatoms. The Morgan fingerprint density at radius 3 is 2.83 bits per heavy atom. The van der Waals surface area contributed by atoms with Gasteiger partial charge in [0.25, 0.3) is 5.91 Å². The number of benzene rings is 1. The number of halogens is 2. The molecule has 0 aromatic heterocycles. The zero-order chi connectivity index (χ0) is 13.1. The van der Waals surface area contributed by atoms with Crippen LogP contribution in [0.25, 0.3) is 0 Å². The van der Waals surface area contributed by atoms with Gasteiger partial charge in [-0.3, -0.25) is 4.79 Å². The molecule has 1 aromatic carbocycles. The molecule has 1 aliphatic rings. The van der Waals surface area contributed by atoms with Crippen LogP contribution in [0.1, 0.15) is 35.2 Å². The van der Waals surface area contributed by atoms with Gasteiger partial charge in [0, 0.05) is 21.4 Å². The van der Waals surface area contributed by atoms with Crippen molar-refractivity contribution >= 4 is 37.8 Å². The molecule has 18 heavy (non-hydrogen) atoms. The lowest BCUT2D eigenvalue weighted by atomic mass is 10.1. The van der Waals surface area contributed by atoms with Crippen LogP contribution in [0.4, 0.5) is 0 Å². The van der Waals surface area contributed by atoms with Crippen molar-refractivity contribution in [2.75, 3.05) is 6.54 Å². The standard InChI is InChI=1S/C14H17Br2NO/c1-9-6-11(15)4-5-13(9)14(18)17-8-10-2-3-12(16)7-10/h4-6,10,12H,2-3,7-8H2,1H3,(H,17,18). The van der Waals surface area contributed by atoms with E-state index in [0.29, 0.717) is 10.7 Å². The maximum absolute atomic E-state index is 12.1. The molecule has 1 saturated carbocycles. The third kappa shape index (κ3) is 3.58. The number of hydrogen-bond donors (Lipinski definition) is 1. The van der Waals surface area contributed by atoms with Gasteiger partial charge in [-0.15, -0.1) is 0 Å². The smallest absolute Gasteiger partial charge is 0.251 e. The van der Waals surface area contributed by atoms with Crippen LogP contribution in [0.2, 0.25) is 0 Å². The molecular formula is C14H17Br2NO. The Balaban J connectivity index is 1.91. The third-order valence-corrected chi connectivity index (χ3v) is 4.79. The maximum Gasteiger partial charge on any atom is 0.251 e. The predicted molar refractivity (Wildman–Crippen MR) is 81.3 cm³/mol. The van der Waals surface area contributed by atoms with E-state index in [1.54, 1.807) is 0 Å². The summed E-state index contributed by atoms with van der Waals surface area (Å²) in [5.41, 5.74) is 1.78. The number of rotatable bonds is 3. The normalized spacial score (nSPS) is 23.1. The van der Waals surface area contributed by atoms with E-state index >= 15 is 0 Å². The van der Waals surface area contributed by atoms with Crippen LogP contribution in [0.5, 0.6) is 0 Å². The third-order valence-electron chi connectivity index (χ3n) is 3.46. The average Bonchev–Trinajstić information content (AvgIpc) is 2.72. The molecule has 1 amide bonds. The monoisotopic (exact) mass is 373 g/mol. The quantitative estimate of drug-likeness (QED) is 0.794. The fourth-order valence-electron chi connectivity index (χ4n) is 2.41. The lowest BCUT2D eigenvalue weighted by Gasteiger charge is -2.12. The first-order valence-electron chi connectivity index (χ1n) is 6.24. The average molecular weight is 375 g/mol. The van der Waals surface area contributed by atoms with Crippen molar-refractivity contribution in [1.29, 1.82) is 0 Å². The molecule has 1 aromatic rings. The van der Waals surface area contributed by atoms with Crippen LogP contribution in [-0.4, -0.2) is 17.3 Å². The second kappa shape index (κ2) is 6.20. The Hall–Kier alpha value is -0.350. The fourth-order valence-corrected chi connectivity index (χ4v) is 3.68. The number of carbonyl (C=O) groups excluding carboxylic acids is 1. The zero-order valence-electron chi connectivity index (χ0n) is 10.4. The minimum Gasteiger partial charge on any atom is -0.352 e. The maximum atomic E-state index is 12.1. The minimum absolute atomic E-state index is 0.0398.